The third kappa shape index (κ3) is 4.44. The zero-order valence-corrected chi connectivity index (χ0v) is 16.1. The van der Waals surface area contributed by atoms with E-state index in [1.165, 1.54) is 24.4 Å². The van der Waals surface area contributed by atoms with Crippen LogP contribution in [0.25, 0.3) is 11.2 Å². The molecule has 0 aliphatic heterocycles. The van der Waals surface area contributed by atoms with Crippen molar-refractivity contribution in [3.63, 3.8) is 0 Å². The van der Waals surface area contributed by atoms with E-state index in [1.807, 2.05) is 0 Å². The Morgan fingerprint density at radius 3 is 2.86 bits per heavy atom. The highest BCUT2D eigenvalue weighted by Gasteiger charge is 2.18. The first kappa shape index (κ1) is 20.1. The zero-order valence-electron chi connectivity index (χ0n) is 14.6. The van der Waals surface area contributed by atoms with Crippen LogP contribution in [0, 0.1) is 11.2 Å². The fraction of sp³-hybridized carbons (Fsp3) is 0.188. The predicted octanol–water partition coefficient (Wildman–Crippen LogP) is 2.06. The van der Waals surface area contributed by atoms with E-state index in [1.54, 1.807) is 0 Å². The van der Waals surface area contributed by atoms with Crippen molar-refractivity contribution in [1.29, 1.82) is 5.41 Å². The molecule has 0 atom stereocenters. The second-order valence-corrected chi connectivity index (χ2v) is 8.16. The van der Waals surface area contributed by atoms with Crippen LogP contribution in [0.15, 0.2) is 30.5 Å². The van der Waals surface area contributed by atoms with Crippen LogP contribution in [0.2, 0.25) is 5.02 Å². The summed E-state index contributed by atoms with van der Waals surface area (Å²) in [5.74, 6) is -0.481. The fourth-order valence-electron chi connectivity index (χ4n) is 2.49. The SMILES string of the molecule is CS(=O)(=O)NCCc1nc2nccc(C(=N)N(O)c3ccc(F)c(Cl)c3)c2[nH]1. The number of amidine groups is 1. The minimum atomic E-state index is -3.31. The molecule has 0 saturated heterocycles. The van der Waals surface area contributed by atoms with Gasteiger partial charge in [-0.05, 0) is 24.3 Å². The number of sulfonamides is 1. The van der Waals surface area contributed by atoms with Gasteiger partial charge in [-0.2, -0.15) is 0 Å². The Kier molecular flexibility index (Phi) is 5.61. The molecule has 0 radical (unpaired) electrons. The van der Waals surface area contributed by atoms with Crippen LogP contribution in [0.5, 0.6) is 0 Å². The van der Waals surface area contributed by atoms with E-state index in [2.05, 4.69) is 19.7 Å². The van der Waals surface area contributed by atoms with E-state index in [4.69, 9.17) is 17.0 Å². The number of aromatic amines is 1. The van der Waals surface area contributed by atoms with Crippen molar-refractivity contribution in [1.82, 2.24) is 19.7 Å². The molecule has 12 heteroatoms. The molecule has 3 aromatic rings. The van der Waals surface area contributed by atoms with Crippen molar-refractivity contribution in [2.24, 2.45) is 0 Å². The Balaban J connectivity index is 1.87. The van der Waals surface area contributed by atoms with E-state index >= 15 is 0 Å². The van der Waals surface area contributed by atoms with Crippen LogP contribution in [0.4, 0.5) is 10.1 Å². The van der Waals surface area contributed by atoms with Crippen LogP contribution < -0.4 is 9.79 Å². The summed E-state index contributed by atoms with van der Waals surface area (Å²) >= 11 is 5.73. The number of hydrogen-bond donors (Lipinski definition) is 4. The first-order chi connectivity index (χ1) is 13.2. The van der Waals surface area contributed by atoms with Crippen LogP contribution in [-0.4, -0.2) is 47.2 Å². The molecule has 2 heterocycles. The van der Waals surface area contributed by atoms with Crippen molar-refractivity contribution < 1.29 is 18.0 Å². The maximum atomic E-state index is 13.3. The average Bonchev–Trinajstić information content (AvgIpc) is 3.04. The van der Waals surface area contributed by atoms with Crippen LogP contribution in [0.1, 0.15) is 11.4 Å². The highest BCUT2D eigenvalue weighted by Crippen LogP contribution is 2.24. The average molecular weight is 427 g/mol. The quantitative estimate of drug-likeness (QED) is 0.270. The zero-order chi connectivity index (χ0) is 20.5. The predicted molar refractivity (Wildman–Crippen MR) is 103 cm³/mol. The van der Waals surface area contributed by atoms with E-state index in [-0.39, 0.29) is 29.5 Å². The Labute approximate surface area is 164 Å². The third-order valence-corrected chi connectivity index (χ3v) is 4.80. The first-order valence-electron chi connectivity index (χ1n) is 7.97. The Bertz CT molecular complexity index is 1150. The normalized spacial score (nSPS) is 11.7. The maximum absolute atomic E-state index is 13.3. The Morgan fingerprint density at radius 2 is 2.18 bits per heavy atom. The van der Waals surface area contributed by atoms with Crippen molar-refractivity contribution >= 4 is 44.3 Å². The molecule has 0 spiro atoms. The number of halogens is 2. The molecule has 0 aliphatic carbocycles. The van der Waals surface area contributed by atoms with Gasteiger partial charge in [0, 0.05) is 24.7 Å². The molecule has 0 aliphatic rings. The lowest BCUT2D eigenvalue weighted by Gasteiger charge is -2.18. The molecule has 4 N–H and O–H groups in total. The summed E-state index contributed by atoms with van der Waals surface area (Å²) in [5.41, 5.74) is 1.11. The number of H-pyrrole nitrogens is 1. The van der Waals surface area contributed by atoms with Crippen LogP contribution >= 0.6 is 11.6 Å². The molecule has 3 rings (SSSR count). The van der Waals surface area contributed by atoms with Crippen LogP contribution in [0.3, 0.4) is 0 Å². The number of rotatable bonds is 6. The van der Waals surface area contributed by atoms with Crippen molar-refractivity contribution in [2.45, 2.75) is 6.42 Å². The molecular formula is C16H16ClFN6O3S. The number of hydroxylamine groups is 1. The number of aromatic nitrogens is 3. The van der Waals surface area contributed by atoms with Gasteiger partial charge in [0.2, 0.25) is 10.0 Å². The van der Waals surface area contributed by atoms with Gasteiger partial charge in [-0.15, -0.1) is 0 Å². The number of anilines is 1. The van der Waals surface area contributed by atoms with E-state index in [9.17, 15) is 18.0 Å². The highest BCUT2D eigenvalue weighted by molar-refractivity contribution is 7.88. The maximum Gasteiger partial charge on any atom is 0.208 e. The van der Waals surface area contributed by atoms with Gasteiger partial charge in [-0.1, -0.05) is 11.6 Å². The Morgan fingerprint density at radius 1 is 1.43 bits per heavy atom. The molecule has 0 amide bonds. The van der Waals surface area contributed by atoms with Gasteiger partial charge in [0.25, 0.3) is 0 Å². The molecule has 2 aromatic heterocycles. The summed E-state index contributed by atoms with van der Waals surface area (Å²) in [6.07, 6.45) is 2.77. The van der Waals surface area contributed by atoms with Gasteiger partial charge in [0.05, 0.1) is 22.5 Å². The van der Waals surface area contributed by atoms with E-state index in [0.29, 0.717) is 27.6 Å². The smallest absolute Gasteiger partial charge is 0.208 e. The van der Waals surface area contributed by atoms with Gasteiger partial charge in [-0.25, -0.2) is 32.6 Å². The van der Waals surface area contributed by atoms with E-state index < -0.39 is 15.8 Å². The number of nitrogens with one attached hydrogen (secondary N) is 3. The summed E-state index contributed by atoms with van der Waals surface area (Å²) in [6.45, 7) is 0.144. The number of pyridine rings is 1. The topological polar surface area (TPSA) is 135 Å². The van der Waals surface area contributed by atoms with Crippen molar-refractivity contribution in [2.75, 3.05) is 17.9 Å². The molecule has 0 fully saturated rings. The summed E-state index contributed by atoms with van der Waals surface area (Å²) in [4.78, 5) is 11.4. The van der Waals surface area contributed by atoms with Gasteiger partial charge >= 0.3 is 0 Å². The molecule has 1 aromatic carbocycles. The number of hydrogen-bond acceptors (Lipinski definition) is 6. The lowest BCUT2D eigenvalue weighted by atomic mass is 10.2. The second kappa shape index (κ2) is 7.80. The minimum Gasteiger partial charge on any atom is -0.340 e. The molecule has 0 unspecified atom stereocenters. The number of fused-ring (bicyclic) bond motifs is 1. The monoisotopic (exact) mass is 426 g/mol. The second-order valence-electron chi connectivity index (χ2n) is 5.92. The summed E-state index contributed by atoms with van der Waals surface area (Å²) in [7, 11) is -3.31. The fourth-order valence-corrected chi connectivity index (χ4v) is 3.14. The lowest BCUT2D eigenvalue weighted by Crippen LogP contribution is -2.27. The Hall–Kier alpha value is -2.60. The number of nitrogens with zero attached hydrogens (tertiary/aromatic N) is 3. The van der Waals surface area contributed by atoms with Gasteiger partial charge in [0.1, 0.15) is 11.6 Å². The molecular weight excluding hydrogens is 411 g/mol. The van der Waals surface area contributed by atoms with Gasteiger partial charge in [-0.3, -0.25) is 10.6 Å². The first-order valence-corrected chi connectivity index (χ1v) is 10.2. The van der Waals surface area contributed by atoms with Crippen molar-refractivity contribution in [3.8, 4) is 0 Å². The largest absolute Gasteiger partial charge is 0.340 e. The molecule has 0 saturated carbocycles. The van der Waals surface area contributed by atoms with Crippen LogP contribution in [-0.2, 0) is 16.4 Å². The summed E-state index contributed by atoms with van der Waals surface area (Å²) < 4.78 is 38.0. The highest BCUT2D eigenvalue weighted by atomic mass is 35.5. The third-order valence-electron chi connectivity index (χ3n) is 3.78. The molecule has 28 heavy (non-hydrogen) atoms. The van der Waals surface area contributed by atoms with Gasteiger partial charge < -0.3 is 4.98 Å². The summed E-state index contributed by atoms with van der Waals surface area (Å²) in [5, 5.41) is 19.0. The summed E-state index contributed by atoms with van der Waals surface area (Å²) in [6, 6.07) is 5.07. The number of imidazole rings is 1. The minimum absolute atomic E-state index is 0.110. The lowest BCUT2D eigenvalue weighted by molar-refractivity contribution is 0.312. The molecule has 9 nitrogen and oxygen atoms in total. The van der Waals surface area contributed by atoms with E-state index in [0.717, 1.165) is 12.3 Å². The van der Waals surface area contributed by atoms with Gasteiger partial charge in [0.15, 0.2) is 11.5 Å². The number of benzene rings is 1. The molecule has 148 valence electrons. The van der Waals surface area contributed by atoms with Crippen molar-refractivity contribution in [3.05, 3.63) is 52.7 Å². The molecule has 0 bridgehead atoms. The standard InChI is InChI=1S/C16H16ClFN6O3S/c1-28(26,27)21-7-5-13-22-14-10(4-6-20-16(14)23-13)15(19)24(25)9-2-3-12(18)11(17)8-9/h2-4,6,8,19,21,25H,5,7H2,1H3,(H,20,22,23).